The first-order valence-electron chi connectivity index (χ1n) is 17.1. The van der Waals surface area contributed by atoms with Crippen molar-refractivity contribution >= 4 is 43.6 Å². The highest BCUT2D eigenvalue weighted by atomic mass is 16.3. The van der Waals surface area contributed by atoms with Gasteiger partial charge < -0.3 is 4.42 Å². The second-order valence-corrected chi connectivity index (χ2v) is 12.8. The molecule has 0 saturated heterocycles. The van der Waals surface area contributed by atoms with Crippen molar-refractivity contribution < 1.29 is 4.42 Å². The second-order valence-electron chi connectivity index (χ2n) is 12.8. The second kappa shape index (κ2) is 11.9. The largest absolute Gasteiger partial charge is 0.455 e. The molecule has 0 bridgehead atoms. The maximum Gasteiger partial charge on any atom is 0.160 e. The standard InChI is InChI=1S/C47H29N3O/c1-4-13-30(14-5-1)31-23-25-32(26-24-31)40-29-41(50-47(49-40)34-17-8-3-9-18-34)36-20-12-21-38-44-42(51-46(36)38)28-27-37-43(44)35-19-10-11-22-39(35)48-45(37)33-15-6-2-7-16-33/h1-29H. The maximum atomic E-state index is 6.82. The molecule has 238 valence electrons. The zero-order valence-electron chi connectivity index (χ0n) is 27.5. The van der Waals surface area contributed by atoms with Gasteiger partial charge in [-0.05, 0) is 41.5 Å². The predicted molar refractivity (Wildman–Crippen MR) is 209 cm³/mol. The molecule has 0 spiro atoms. The predicted octanol–water partition coefficient (Wildman–Crippen LogP) is 12.4. The van der Waals surface area contributed by atoms with Gasteiger partial charge in [0.1, 0.15) is 11.2 Å². The fraction of sp³-hybridized carbons (Fsp3) is 0. The smallest absolute Gasteiger partial charge is 0.160 e. The Kier molecular flexibility index (Phi) is 6.78. The summed E-state index contributed by atoms with van der Waals surface area (Å²) < 4.78 is 6.82. The molecule has 0 atom stereocenters. The van der Waals surface area contributed by atoms with Crippen LogP contribution in [0.4, 0.5) is 0 Å². The Hall–Kier alpha value is -6.91. The van der Waals surface area contributed by atoms with Crippen LogP contribution in [0.15, 0.2) is 180 Å². The fourth-order valence-corrected chi connectivity index (χ4v) is 7.26. The van der Waals surface area contributed by atoms with Gasteiger partial charge >= 0.3 is 0 Å². The van der Waals surface area contributed by atoms with Crippen LogP contribution in [-0.2, 0) is 0 Å². The average Bonchev–Trinajstić information content (AvgIpc) is 3.61. The van der Waals surface area contributed by atoms with Gasteiger partial charge in [0.25, 0.3) is 0 Å². The molecule has 51 heavy (non-hydrogen) atoms. The third-order valence-corrected chi connectivity index (χ3v) is 9.69. The first-order valence-corrected chi connectivity index (χ1v) is 17.1. The molecule has 10 aromatic rings. The van der Waals surface area contributed by atoms with Gasteiger partial charge in [0.2, 0.25) is 0 Å². The molecule has 4 nitrogen and oxygen atoms in total. The SMILES string of the molecule is c1ccc(-c2ccc(-c3cc(-c4cccc5c4oc4ccc6c(-c7ccccc7)nc7ccccc7c6c45)nc(-c4ccccc4)n3)cc2)cc1. The number of para-hydroxylation sites is 2. The van der Waals surface area contributed by atoms with Crippen molar-refractivity contribution in [2.24, 2.45) is 0 Å². The van der Waals surface area contributed by atoms with Crippen LogP contribution >= 0.6 is 0 Å². The van der Waals surface area contributed by atoms with E-state index in [2.05, 4.69) is 140 Å². The lowest BCUT2D eigenvalue weighted by molar-refractivity contribution is 0.670. The summed E-state index contributed by atoms with van der Waals surface area (Å²) in [6, 6.07) is 60.6. The van der Waals surface area contributed by atoms with Crippen molar-refractivity contribution in [2.75, 3.05) is 0 Å². The lowest BCUT2D eigenvalue weighted by Gasteiger charge is -2.11. The van der Waals surface area contributed by atoms with E-state index in [0.717, 1.165) is 88.5 Å². The van der Waals surface area contributed by atoms with E-state index in [4.69, 9.17) is 19.4 Å². The highest BCUT2D eigenvalue weighted by Crippen LogP contribution is 2.43. The van der Waals surface area contributed by atoms with E-state index in [1.165, 1.54) is 5.56 Å². The molecular formula is C47H29N3O. The molecule has 0 amide bonds. The normalized spacial score (nSPS) is 11.5. The van der Waals surface area contributed by atoms with Crippen LogP contribution in [0, 0.1) is 0 Å². The molecule has 3 aromatic heterocycles. The minimum atomic E-state index is 0.665. The molecule has 10 rings (SSSR count). The summed E-state index contributed by atoms with van der Waals surface area (Å²) in [6.07, 6.45) is 0. The van der Waals surface area contributed by atoms with Gasteiger partial charge in [-0.25, -0.2) is 15.0 Å². The van der Waals surface area contributed by atoms with Crippen LogP contribution in [0.25, 0.3) is 99.9 Å². The zero-order valence-corrected chi connectivity index (χ0v) is 27.5. The average molecular weight is 652 g/mol. The minimum Gasteiger partial charge on any atom is -0.455 e. The number of hydrogen-bond donors (Lipinski definition) is 0. The molecule has 0 aliphatic rings. The molecule has 3 heterocycles. The third-order valence-electron chi connectivity index (χ3n) is 9.69. The summed E-state index contributed by atoms with van der Waals surface area (Å²) >= 11 is 0. The quantitative estimate of drug-likeness (QED) is 0.174. The van der Waals surface area contributed by atoms with E-state index in [-0.39, 0.29) is 0 Å². The molecule has 0 aliphatic carbocycles. The summed E-state index contributed by atoms with van der Waals surface area (Å²) in [4.78, 5) is 15.4. The number of rotatable bonds is 5. The number of fused-ring (bicyclic) bond motifs is 7. The molecule has 7 aromatic carbocycles. The summed E-state index contributed by atoms with van der Waals surface area (Å²) in [5.74, 6) is 0.665. The molecule has 0 unspecified atom stereocenters. The molecular weight excluding hydrogens is 623 g/mol. The van der Waals surface area contributed by atoms with Gasteiger partial charge in [-0.2, -0.15) is 0 Å². The van der Waals surface area contributed by atoms with Crippen molar-refractivity contribution in [1.29, 1.82) is 0 Å². The molecule has 0 radical (unpaired) electrons. The zero-order chi connectivity index (χ0) is 33.7. The monoisotopic (exact) mass is 651 g/mol. The number of furan rings is 1. The number of pyridine rings is 1. The fourth-order valence-electron chi connectivity index (χ4n) is 7.26. The van der Waals surface area contributed by atoms with E-state index in [1.807, 2.05) is 36.4 Å². The van der Waals surface area contributed by atoms with Gasteiger partial charge in [0, 0.05) is 49.2 Å². The van der Waals surface area contributed by atoms with E-state index >= 15 is 0 Å². The maximum absolute atomic E-state index is 6.82. The van der Waals surface area contributed by atoms with E-state index in [9.17, 15) is 0 Å². The Bertz CT molecular complexity index is 2880. The van der Waals surface area contributed by atoms with Crippen LogP contribution in [0.3, 0.4) is 0 Å². The Balaban J connectivity index is 1.21. The summed E-state index contributed by atoms with van der Waals surface area (Å²) in [7, 11) is 0. The molecule has 4 heteroatoms. The Morgan fingerprint density at radius 2 is 0.980 bits per heavy atom. The lowest BCUT2D eigenvalue weighted by atomic mass is 9.95. The summed E-state index contributed by atoms with van der Waals surface area (Å²) in [5, 5.41) is 5.45. The molecule has 0 fully saturated rings. The Morgan fingerprint density at radius 1 is 0.373 bits per heavy atom. The van der Waals surface area contributed by atoms with Crippen molar-refractivity contribution in [3.05, 3.63) is 176 Å². The highest BCUT2D eigenvalue weighted by molar-refractivity contribution is 6.28. The topological polar surface area (TPSA) is 51.8 Å². The van der Waals surface area contributed by atoms with Gasteiger partial charge in [0.05, 0.1) is 22.6 Å². The number of nitrogens with zero attached hydrogens (tertiary/aromatic N) is 3. The van der Waals surface area contributed by atoms with E-state index in [0.29, 0.717) is 5.82 Å². The van der Waals surface area contributed by atoms with Crippen molar-refractivity contribution in [3.63, 3.8) is 0 Å². The van der Waals surface area contributed by atoms with Gasteiger partial charge in [-0.1, -0.05) is 146 Å². The highest BCUT2D eigenvalue weighted by Gasteiger charge is 2.20. The van der Waals surface area contributed by atoms with Crippen molar-refractivity contribution in [1.82, 2.24) is 15.0 Å². The summed E-state index contributed by atoms with van der Waals surface area (Å²) in [6.45, 7) is 0. The Labute approximate surface area is 294 Å². The third kappa shape index (κ3) is 4.96. The molecule has 0 saturated carbocycles. The molecule has 0 aliphatic heterocycles. The van der Waals surface area contributed by atoms with Gasteiger partial charge in [-0.3, -0.25) is 0 Å². The van der Waals surface area contributed by atoms with Crippen molar-refractivity contribution in [3.8, 4) is 56.3 Å². The van der Waals surface area contributed by atoms with Crippen molar-refractivity contribution in [2.45, 2.75) is 0 Å². The number of benzene rings is 7. The number of hydrogen-bond acceptors (Lipinski definition) is 4. The van der Waals surface area contributed by atoms with Gasteiger partial charge in [-0.15, -0.1) is 0 Å². The lowest BCUT2D eigenvalue weighted by Crippen LogP contribution is -1.96. The van der Waals surface area contributed by atoms with Crippen LogP contribution in [0.1, 0.15) is 0 Å². The van der Waals surface area contributed by atoms with Crippen LogP contribution in [-0.4, -0.2) is 15.0 Å². The van der Waals surface area contributed by atoms with Gasteiger partial charge in [0.15, 0.2) is 5.82 Å². The summed E-state index contributed by atoms with van der Waals surface area (Å²) in [5.41, 5.74) is 11.5. The van der Waals surface area contributed by atoms with E-state index in [1.54, 1.807) is 0 Å². The number of aromatic nitrogens is 3. The Morgan fingerprint density at radius 3 is 1.75 bits per heavy atom. The van der Waals surface area contributed by atoms with Crippen LogP contribution in [0.5, 0.6) is 0 Å². The first-order chi connectivity index (χ1) is 25.3. The minimum absolute atomic E-state index is 0.665. The van der Waals surface area contributed by atoms with Crippen LogP contribution < -0.4 is 0 Å². The molecule has 0 N–H and O–H groups in total. The first kappa shape index (κ1) is 29.0. The van der Waals surface area contributed by atoms with Crippen LogP contribution in [0.2, 0.25) is 0 Å². The van der Waals surface area contributed by atoms with E-state index < -0.39 is 0 Å².